The number of esters is 1. The fourth-order valence-electron chi connectivity index (χ4n) is 2.20. The first kappa shape index (κ1) is 18.3. The number of carbonyl (C=O) groups is 2. The number of nitrogens with zero attached hydrogens (tertiary/aromatic N) is 2. The van der Waals surface area contributed by atoms with E-state index >= 15 is 0 Å². The number of aromatic nitrogens is 2. The zero-order valence-corrected chi connectivity index (χ0v) is 15.0. The van der Waals surface area contributed by atoms with Crippen LogP contribution in [0.5, 0.6) is 0 Å². The molecule has 7 nitrogen and oxygen atoms in total. The molecular weight excluding hydrogens is 368 g/mol. The molecule has 0 radical (unpaired) electrons. The van der Waals surface area contributed by atoms with Gasteiger partial charge >= 0.3 is 5.97 Å². The molecule has 0 aliphatic heterocycles. The zero-order valence-electron chi connectivity index (χ0n) is 14.3. The number of methoxy groups -OCH3 is 1. The number of halogens is 1. The summed E-state index contributed by atoms with van der Waals surface area (Å²) in [5.41, 5.74) is 1.89. The van der Waals surface area contributed by atoms with Gasteiger partial charge < -0.3 is 15.4 Å². The molecule has 0 fully saturated rings. The predicted octanol–water partition coefficient (Wildman–Crippen LogP) is 3.91. The first-order chi connectivity index (χ1) is 13.1. The number of benzene rings is 2. The molecule has 1 aromatic heterocycles. The van der Waals surface area contributed by atoms with Crippen molar-refractivity contribution in [3.63, 3.8) is 0 Å². The Bertz CT molecular complexity index is 959. The number of nitrogens with one attached hydrogen (secondary N) is 2. The summed E-state index contributed by atoms with van der Waals surface area (Å²) in [7, 11) is 1.31. The molecule has 0 spiro atoms. The van der Waals surface area contributed by atoms with Gasteiger partial charge in [0, 0.05) is 18.1 Å². The molecule has 8 heteroatoms. The minimum atomic E-state index is -0.442. The second kappa shape index (κ2) is 8.29. The Morgan fingerprint density at radius 1 is 0.963 bits per heavy atom. The lowest BCUT2D eigenvalue weighted by molar-refractivity contribution is 0.0600. The highest BCUT2D eigenvalue weighted by molar-refractivity contribution is 6.33. The van der Waals surface area contributed by atoms with Crippen molar-refractivity contribution in [2.24, 2.45) is 0 Å². The molecule has 2 aromatic carbocycles. The molecular formula is C19H15ClN4O3. The van der Waals surface area contributed by atoms with E-state index < -0.39 is 5.97 Å². The van der Waals surface area contributed by atoms with Gasteiger partial charge in [-0.25, -0.2) is 14.8 Å². The van der Waals surface area contributed by atoms with Gasteiger partial charge in [0.1, 0.15) is 0 Å². The van der Waals surface area contributed by atoms with Crippen LogP contribution in [0.4, 0.5) is 17.3 Å². The number of rotatable bonds is 5. The lowest BCUT2D eigenvalue weighted by Gasteiger charge is -2.08. The highest BCUT2D eigenvalue weighted by Gasteiger charge is 2.10. The highest BCUT2D eigenvalue weighted by atomic mass is 35.5. The van der Waals surface area contributed by atoms with Crippen molar-refractivity contribution in [1.29, 1.82) is 0 Å². The fraction of sp³-hybridized carbons (Fsp3) is 0.0526. The summed E-state index contributed by atoms with van der Waals surface area (Å²) in [6.07, 6.45) is 2.81. The van der Waals surface area contributed by atoms with Crippen LogP contribution in [0.1, 0.15) is 20.7 Å². The molecule has 0 atom stereocenters. The van der Waals surface area contributed by atoms with E-state index in [1.54, 1.807) is 36.4 Å². The van der Waals surface area contributed by atoms with Crippen LogP contribution in [0, 0.1) is 0 Å². The van der Waals surface area contributed by atoms with Crippen molar-refractivity contribution in [2.75, 3.05) is 17.7 Å². The third-order valence-electron chi connectivity index (χ3n) is 3.60. The van der Waals surface area contributed by atoms with Crippen LogP contribution in [0.2, 0.25) is 5.02 Å². The molecule has 0 saturated heterocycles. The van der Waals surface area contributed by atoms with Gasteiger partial charge in [0.05, 0.1) is 28.9 Å². The number of anilines is 3. The summed E-state index contributed by atoms with van der Waals surface area (Å²) in [6, 6.07) is 13.5. The average molecular weight is 383 g/mol. The first-order valence-electron chi connectivity index (χ1n) is 7.90. The molecule has 0 aliphatic carbocycles. The van der Waals surface area contributed by atoms with E-state index in [-0.39, 0.29) is 11.5 Å². The molecule has 1 heterocycles. The third-order valence-corrected chi connectivity index (χ3v) is 3.93. The van der Waals surface area contributed by atoms with E-state index in [1.165, 1.54) is 19.5 Å². The van der Waals surface area contributed by atoms with Gasteiger partial charge in [-0.05, 0) is 36.4 Å². The Morgan fingerprint density at radius 2 is 1.63 bits per heavy atom. The topological polar surface area (TPSA) is 93.2 Å². The maximum Gasteiger partial charge on any atom is 0.337 e. The number of hydrogen-bond donors (Lipinski definition) is 2. The smallest absolute Gasteiger partial charge is 0.337 e. The molecule has 136 valence electrons. The molecule has 2 N–H and O–H groups in total. The van der Waals surface area contributed by atoms with Crippen molar-refractivity contribution in [1.82, 2.24) is 9.97 Å². The number of amides is 1. The summed E-state index contributed by atoms with van der Waals surface area (Å²) < 4.78 is 4.63. The maximum atomic E-state index is 12.3. The van der Waals surface area contributed by atoms with Crippen molar-refractivity contribution < 1.29 is 14.3 Å². The van der Waals surface area contributed by atoms with E-state index in [0.29, 0.717) is 27.9 Å². The van der Waals surface area contributed by atoms with Gasteiger partial charge in [0.2, 0.25) is 5.95 Å². The van der Waals surface area contributed by atoms with Crippen LogP contribution in [0.15, 0.2) is 60.9 Å². The molecule has 3 rings (SSSR count). The Labute approximate surface area is 160 Å². The zero-order chi connectivity index (χ0) is 19.2. The van der Waals surface area contributed by atoms with Crippen molar-refractivity contribution in [3.05, 3.63) is 77.1 Å². The van der Waals surface area contributed by atoms with Gasteiger partial charge in [-0.3, -0.25) is 4.79 Å². The predicted molar refractivity (Wildman–Crippen MR) is 103 cm³/mol. The van der Waals surface area contributed by atoms with E-state index in [1.807, 2.05) is 12.1 Å². The fourth-order valence-corrected chi connectivity index (χ4v) is 2.39. The summed E-state index contributed by atoms with van der Waals surface area (Å²) >= 11 is 6.07. The van der Waals surface area contributed by atoms with E-state index in [2.05, 4.69) is 25.3 Å². The van der Waals surface area contributed by atoms with Crippen molar-refractivity contribution >= 4 is 40.8 Å². The quantitative estimate of drug-likeness (QED) is 0.650. The van der Waals surface area contributed by atoms with Crippen LogP contribution in [0.25, 0.3) is 0 Å². The molecule has 0 saturated carbocycles. The van der Waals surface area contributed by atoms with Crippen LogP contribution < -0.4 is 10.6 Å². The molecule has 3 aromatic rings. The van der Waals surface area contributed by atoms with E-state index in [4.69, 9.17) is 11.6 Å². The van der Waals surface area contributed by atoms with E-state index in [9.17, 15) is 9.59 Å². The van der Waals surface area contributed by atoms with E-state index in [0.717, 1.165) is 0 Å². The van der Waals surface area contributed by atoms with Gasteiger partial charge in [0.15, 0.2) is 0 Å². The second-order valence-corrected chi connectivity index (χ2v) is 5.83. The monoisotopic (exact) mass is 382 g/mol. The number of ether oxygens (including phenoxy) is 1. The minimum Gasteiger partial charge on any atom is -0.465 e. The largest absolute Gasteiger partial charge is 0.465 e. The molecule has 1 amide bonds. The maximum absolute atomic E-state index is 12.3. The van der Waals surface area contributed by atoms with Gasteiger partial charge in [-0.1, -0.05) is 23.7 Å². The summed E-state index contributed by atoms with van der Waals surface area (Å²) in [6.45, 7) is 0. The lowest BCUT2D eigenvalue weighted by Crippen LogP contribution is -2.13. The Morgan fingerprint density at radius 3 is 2.26 bits per heavy atom. The summed E-state index contributed by atoms with van der Waals surface area (Å²) in [5, 5.41) is 6.23. The van der Waals surface area contributed by atoms with Crippen LogP contribution >= 0.6 is 11.6 Å². The van der Waals surface area contributed by atoms with Crippen molar-refractivity contribution in [3.8, 4) is 0 Å². The second-order valence-electron chi connectivity index (χ2n) is 5.42. The first-order valence-corrected chi connectivity index (χ1v) is 8.28. The number of para-hydroxylation sites is 1. The Balaban J connectivity index is 1.65. The lowest BCUT2D eigenvalue weighted by atomic mass is 10.2. The third kappa shape index (κ3) is 4.59. The van der Waals surface area contributed by atoms with Gasteiger partial charge in [-0.2, -0.15) is 0 Å². The van der Waals surface area contributed by atoms with Gasteiger partial charge in [-0.15, -0.1) is 0 Å². The highest BCUT2D eigenvalue weighted by Crippen LogP contribution is 2.23. The Hall–Kier alpha value is -3.45. The van der Waals surface area contributed by atoms with Crippen LogP contribution in [-0.2, 0) is 4.74 Å². The molecule has 0 bridgehead atoms. The summed E-state index contributed by atoms with van der Waals surface area (Å²) in [5.74, 6) is -0.491. The Kier molecular flexibility index (Phi) is 5.63. The normalized spacial score (nSPS) is 10.1. The number of carbonyl (C=O) groups excluding carboxylic acids is 2. The number of hydrogen-bond acceptors (Lipinski definition) is 6. The molecule has 27 heavy (non-hydrogen) atoms. The SMILES string of the molecule is COC(=O)c1ccc(NC(=O)c2cnc(Nc3ccccc3Cl)nc2)cc1. The summed E-state index contributed by atoms with van der Waals surface area (Å²) in [4.78, 5) is 31.9. The van der Waals surface area contributed by atoms with Crippen LogP contribution in [-0.4, -0.2) is 29.0 Å². The van der Waals surface area contributed by atoms with Crippen molar-refractivity contribution in [2.45, 2.75) is 0 Å². The molecule has 0 unspecified atom stereocenters. The van der Waals surface area contributed by atoms with Crippen LogP contribution in [0.3, 0.4) is 0 Å². The average Bonchev–Trinajstić information content (AvgIpc) is 2.70. The standard InChI is InChI=1S/C19H15ClN4O3/c1-27-18(26)12-6-8-14(9-7-12)23-17(25)13-10-21-19(22-11-13)24-16-5-3-2-4-15(16)20/h2-11H,1H3,(H,23,25)(H,21,22,24). The minimum absolute atomic E-state index is 0.289. The van der Waals surface area contributed by atoms with Gasteiger partial charge in [0.25, 0.3) is 5.91 Å². The molecule has 0 aliphatic rings.